The van der Waals surface area contributed by atoms with Gasteiger partial charge >= 0.3 is 0 Å². The normalized spacial score (nSPS) is 11.9. The number of nitro groups is 1. The van der Waals surface area contributed by atoms with Gasteiger partial charge in [-0.1, -0.05) is 44.2 Å². The number of guanidine groups is 1. The second-order valence-electron chi connectivity index (χ2n) is 6.56. The lowest BCUT2D eigenvalue weighted by Crippen LogP contribution is -2.43. The molecule has 2 aromatic rings. The fourth-order valence-electron chi connectivity index (χ4n) is 2.55. The summed E-state index contributed by atoms with van der Waals surface area (Å²) in [5.74, 6) is 0.252. The van der Waals surface area contributed by atoms with Crippen LogP contribution in [0, 0.1) is 15.9 Å². The number of nitrogens with one attached hydrogen (secondary N) is 2. The number of hydrogen-bond donors (Lipinski definition) is 2. The van der Waals surface area contributed by atoms with Crippen molar-refractivity contribution in [3.8, 4) is 0 Å². The molecule has 0 amide bonds. The first kappa shape index (κ1) is 19.4. The minimum Gasteiger partial charge on any atom is -0.356 e. The molecule has 2 N–H and O–H groups in total. The Bertz CT molecular complexity index is 806. The summed E-state index contributed by atoms with van der Waals surface area (Å²) in [6, 6.07) is 13.1. The first-order valence-corrected chi connectivity index (χ1v) is 8.26. The van der Waals surface area contributed by atoms with Gasteiger partial charge in [-0.05, 0) is 17.7 Å². The zero-order valence-electron chi connectivity index (χ0n) is 15.1. The van der Waals surface area contributed by atoms with Crippen LogP contribution in [0.5, 0.6) is 0 Å². The summed E-state index contributed by atoms with van der Waals surface area (Å²) in [4.78, 5) is 14.8. The molecule has 2 rings (SSSR count). The molecule has 26 heavy (non-hydrogen) atoms. The molecule has 138 valence electrons. The van der Waals surface area contributed by atoms with Crippen LogP contribution in [0.25, 0.3) is 0 Å². The van der Waals surface area contributed by atoms with Crippen molar-refractivity contribution in [3.05, 3.63) is 75.6 Å². The van der Waals surface area contributed by atoms with E-state index in [2.05, 4.69) is 15.6 Å². The molecular weight excluding hydrogens is 335 g/mol. The number of hydrogen-bond acceptors (Lipinski definition) is 3. The molecule has 2 aromatic carbocycles. The molecule has 0 aliphatic heterocycles. The van der Waals surface area contributed by atoms with E-state index in [1.807, 2.05) is 19.9 Å². The summed E-state index contributed by atoms with van der Waals surface area (Å²) in [6.45, 7) is 4.80. The predicted molar refractivity (Wildman–Crippen MR) is 101 cm³/mol. The lowest BCUT2D eigenvalue weighted by molar-refractivity contribution is -0.385. The third-order valence-corrected chi connectivity index (χ3v) is 4.16. The van der Waals surface area contributed by atoms with Crippen LogP contribution >= 0.6 is 0 Å². The number of nitro benzene ring substituents is 1. The van der Waals surface area contributed by atoms with Crippen LogP contribution in [0.1, 0.15) is 25.0 Å². The van der Waals surface area contributed by atoms with Gasteiger partial charge < -0.3 is 10.6 Å². The first-order chi connectivity index (χ1) is 12.3. The largest absolute Gasteiger partial charge is 0.356 e. The van der Waals surface area contributed by atoms with Crippen LogP contribution in [0.3, 0.4) is 0 Å². The molecule has 0 aliphatic carbocycles. The van der Waals surface area contributed by atoms with E-state index in [0.29, 0.717) is 18.1 Å². The van der Waals surface area contributed by atoms with Gasteiger partial charge in [0.15, 0.2) is 5.96 Å². The lowest BCUT2D eigenvalue weighted by atomic mass is 9.84. The average molecular weight is 358 g/mol. The van der Waals surface area contributed by atoms with E-state index in [9.17, 15) is 14.5 Å². The molecule has 0 saturated heterocycles. The van der Waals surface area contributed by atoms with Gasteiger partial charge in [0, 0.05) is 37.2 Å². The van der Waals surface area contributed by atoms with Gasteiger partial charge in [0.2, 0.25) is 0 Å². The zero-order valence-corrected chi connectivity index (χ0v) is 15.1. The van der Waals surface area contributed by atoms with Crippen LogP contribution in [-0.2, 0) is 12.0 Å². The fourth-order valence-corrected chi connectivity index (χ4v) is 2.55. The van der Waals surface area contributed by atoms with E-state index < -0.39 is 4.92 Å². The number of para-hydroxylation sites is 1. The number of halogens is 1. The van der Waals surface area contributed by atoms with Gasteiger partial charge in [0.1, 0.15) is 5.82 Å². The second kappa shape index (κ2) is 8.42. The summed E-state index contributed by atoms with van der Waals surface area (Å²) in [5.41, 5.74) is 1.19. The van der Waals surface area contributed by atoms with Crippen LogP contribution in [0.15, 0.2) is 53.5 Å². The monoisotopic (exact) mass is 358 g/mol. The highest BCUT2D eigenvalue weighted by Gasteiger charge is 2.21. The van der Waals surface area contributed by atoms with E-state index in [4.69, 9.17) is 0 Å². The topological polar surface area (TPSA) is 79.6 Å². The van der Waals surface area contributed by atoms with Crippen LogP contribution in [0.2, 0.25) is 0 Å². The maximum Gasteiger partial charge on any atom is 0.274 e. The van der Waals surface area contributed by atoms with Crippen LogP contribution in [-0.4, -0.2) is 24.5 Å². The van der Waals surface area contributed by atoms with Crippen molar-refractivity contribution in [2.75, 3.05) is 13.6 Å². The summed E-state index contributed by atoms with van der Waals surface area (Å²) in [5, 5.41) is 17.3. The Kier molecular flexibility index (Phi) is 6.27. The van der Waals surface area contributed by atoms with Crippen molar-refractivity contribution in [1.82, 2.24) is 10.6 Å². The van der Waals surface area contributed by atoms with Gasteiger partial charge in [0.25, 0.3) is 5.69 Å². The Balaban J connectivity index is 1.99. The Morgan fingerprint density at radius 1 is 1.19 bits per heavy atom. The molecule has 7 heteroatoms. The van der Waals surface area contributed by atoms with Crippen molar-refractivity contribution in [1.29, 1.82) is 0 Å². The van der Waals surface area contributed by atoms with Gasteiger partial charge in [-0.2, -0.15) is 0 Å². The molecule has 0 saturated carbocycles. The van der Waals surface area contributed by atoms with Gasteiger partial charge in [0.05, 0.1) is 4.92 Å². The maximum atomic E-state index is 13.5. The van der Waals surface area contributed by atoms with Gasteiger partial charge in [-0.25, -0.2) is 4.39 Å². The summed E-state index contributed by atoms with van der Waals surface area (Å²) < 4.78 is 13.5. The Hall–Kier alpha value is -2.96. The third-order valence-electron chi connectivity index (χ3n) is 4.16. The van der Waals surface area contributed by atoms with E-state index in [-0.39, 0.29) is 23.5 Å². The molecule has 0 atom stereocenters. The summed E-state index contributed by atoms with van der Waals surface area (Å²) >= 11 is 0. The van der Waals surface area contributed by atoms with Gasteiger partial charge in [-0.3, -0.25) is 15.1 Å². The average Bonchev–Trinajstić information content (AvgIpc) is 2.62. The molecule has 0 unspecified atom stereocenters. The third kappa shape index (κ3) is 5.02. The van der Waals surface area contributed by atoms with Crippen molar-refractivity contribution in [2.45, 2.75) is 25.8 Å². The van der Waals surface area contributed by atoms with E-state index in [0.717, 1.165) is 5.56 Å². The lowest BCUT2D eigenvalue weighted by Gasteiger charge is -2.26. The molecule has 0 fully saturated rings. The molecule has 6 nitrogen and oxygen atoms in total. The zero-order chi connectivity index (χ0) is 19.2. The SMILES string of the molecule is CN=C(NCc1ccccc1[N+](=O)[O-])NCC(C)(C)c1cccc(F)c1. The van der Waals surface area contributed by atoms with Crippen molar-refractivity contribution >= 4 is 11.6 Å². The van der Waals surface area contributed by atoms with E-state index >= 15 is 0 Å². The Morgan fingerprint density at radius 3 is 2.58 bits per heavy atom. The predicted octanol–water partition coefficient (Wildman–Crippen LogP) is 3.38. The highest BCUT2D eigenvalue weighted by atomic mass is 19.1. The number of nitrogens with zero attached hydrogens (tertiary/aromatic N) is 2. The number of rotatable bonds is 6. The molecule has 0 aromatic heterocycles. The Labute approximate surface area is 152 Å². The Morgan fingerprint density at radius 2 is 1.92 bits per heavy atom. The van der Waals surface area contributed by atoms with Crippen LogP contribution < -0.4 is 10.6 Å². The standard InChI is InChI=1S/C19H23FN4O2/c1-19(2,15-8-6-9-16(20)11-15)13-23-18(21-3)22-12-14-7-4-5-10-17(14)24(25)26/h4-11H,12-13H2,1-3H3,(H2,21,22,23). The summed E-state index contributed by atoms with van der Waals surface area (Å²) in [7, 11) is 1.63. The first-order valence-electron chi connectivity index (χ1n) is 8.26. The molecule has 0 radical (unpaired) electrons. The molecule has 0 bridgehead atoms. The van der Waals surface area contributed by atoms with Gasteiger partial charge in [-0.15, -0.1) is 0 Å². The van der Waals surface area contributed by atoms with Crippen molar-refractivity contribution in [3.63, 3.8) is 0 Å². The quantitative estimate of drug-likeness (QED) is 0.359. The molecule has 0 spiro atoms. The minimum atomic E-state index is -0.403. The fraction of sp³-hybridized carbons (Fsp3) is 0.316. The number of aliphatic imine (C=N–C) groups is 1. The highest BCUT2D eigenvalue weighted by molar-refractivity contribution is 5.79. The van der Waals surface area contributed by atoms with Crippen molar-refractivity contribution in [2.24, 2.45) is 4.99 Å². The maximum absolute atomic E-state index is 13.5. The minimum absolute atomic E-state index is 0.0653. The van der Waals surface area contributed by atoms with E-state index in [1.165, 1.54) is 18.2 Å². The molecule has 0 aliphatic rings. The smallest absolute Gasteiger partial charge is 0.274 e. The molecule has 0 heterocycles. The molecular formula is C19H23FN4O2. The second-order valence-corrected chi connectivity index (χ2v) is 6.56. The van der Waals surface area contributed by atoms with E-state index in [1.54, 1.807) is 31.3 Å². The number of benzene rings is 2. The van der Waals surface area contributed by atoms with Crippen molar-refractivity contribution < 1.29 is 9.31 Å². The van der Waals surface area contributed by atoms with Crippen LogP contribution in [0.4, 0.5) is 10.1 Å². The highest BCUT2D eigenvalue weighted by Crippen LogP contribution is 2.23. The summed E-state index contributed by atoms with van der Waals surface area (Å²) in [6.07, 6.45) is 0.